The summed E-state index contributed by atoms with van der Waals surface area (Å²) < 4.78 is 51.9. The number of carbonyl (C=O) groups is 1. The molecule has 27 heavy (non-hydrogen) atoms. The Morgan fingerprint density at radius 3 is 2.26 bits per heavy atom. The van der Waals surface area contributed by atoms with Crippen LogP contribution in [-0.4, -0.2) is 48.9 Å². The maximum Gasteiger partial charge on any atom is 0.398 e. The number of piperazine rings is 1. The molecule has 0 spiro atoms. The van der Waals surface area contributed by atoms with Crippen molar-refractivity contribution in [3.05, 3.63) is 23.5 Å². The van der Waals surface area contributed by atoms with E-state index in [4.69, 9.17) is 0 Å². The first kappa shape index (κ1) is 21.9. The Bertz CT molecular complexity index is 654. The fraction of sp³-hybridized carbons (Fsp3) is 0.632. The number of alkyl halides is 3. The Labute approximate surface area is 162 Å². The van der Waals surface area contributed by atoms with Crippen molar-refractivity contribution >= 4 is 23.4 Å². The van der Waals surface area contributed by atoms with Gasteiger partial charge in [0.25, 0.3) is 0 Å². The molecule has 0 radical (unpaired) electrons. The van der Waals surface area contributed by atoms with Crippen molar-refractivity contribution in [1.82, 2.24) is 4.90 Å². The molecule has 1 heterocycles. The minimum absolute atomic E-state index is 0.0121. The SMILES string of the molecule is CCC(CC)C(=O)N1CCN(c2cc(SCC(F)(F)F)c(C)cc2F)CC1. The van der Waals surface area contributed by atoms with E-state index < -0.39 is 17.7 Å². The van der Waals surface area contributed by atoms with E-state index in [9.17, 15) is 22.4 Å². The number of carbonyl (C=O) groups excluding carboxylic acids is 1. The van der Waals surface area contributed by atoms with Gasteiger partial charge in [-0.3, -0.25) is 4.79 Å². The smallest absolute Gasteiger partial charge is 0.366 e. The molecule has 0 aliphatic carbocycles. The Balaban J connectivity index is 2.08. The van der Waals surface area contributed by atoms with Gasteiger partial charge in [-0.05, 0) is 37.5 Å². The van der Waals surface area contributed by atoms with Gasteiger partial charge in [0.2, 0.25) is 5.91 Å². The van der Waals surface area contributed by atoms with Crippen LogP contribution in [-0.2, 0) is 4.79 Å². The zero-order valence-corrected chi connectivity index (χ0v) is 16.7. The molecule has 0 aromatic heterocycles. The van der Waals surface area contributed by atoms with E-state index in [-0.39, 0.29) is 11.8 Å². The van der Waals surface area contributed by atoms with Gasteiger partial charge in [0.15, 0.2) is 0 Å². The molecule has 1 aliphatic heterocycles. The highest BCUT2D eigenvalue weighted by Gasteiger charge is 2.29. The normalized spacial score (nSPS) is 15.6. The summed E-state index contributed by atoms with van der Waals surface area (Å²) in [5, 5.41) is 0. The standard InChI is InChI=1S/C19H26F4N2OS/c1-4-14(5-2)18(26)25-8-6-24(7-9-25)16-11-17(13(3)10-15(16)20)27-12-19(21,22)23/h10-11,14H,4-9,12H2,1-3H3. The lowest BCUT2D eigenvalue weighted by atomic mass is 10.0. The molecule has 1 aromatic rings. The third-order valence-electron chi connectivity index (χ3n) is 4.90. The minimum Gasteiger partial charge on any atom is -0.366 e. The third-order valence-corrected chi connectivity index (χ3v) is 6.13. The van der Waals surface area contributed by atoms with E-state index in [1.165, 1.54) is 12.1 Å². The number of benzene rings is 1. The van der Waals surface area contributed by atoms with E-state index in [0.717, 1.165) is 12.8 Å². The van der Waals surface area contributed by atoms with E-state index in [2.05, 4.69) is 0 Å². The zero-order chi connectivity index (χ0) is 20.2. The fourth-order valence-corrected chi connectivity index (χ4v) is 4.06. The molecule has 2 rings (SSSR count). The first-order valence-corrected chi connectivity index (χ1v) is 10.2. The predicted molar refractivity (Wildman–Crippen MR) is 101 cm³/mol. The molecule has 1 fully saturated rings. The summed E-state index contributed by atoms with van der Waals surface area (Å²) in [6.45, 7) is 7.51. The topological polar surface area (TPSA) is 23.6 Å². The first-order chi connectivity index (χ1) is 12.7. The summed E-state index contributed by atoms with van der Waals surface area (Å²) in [5.74, 6) is -1.30. The second kappa shape index (κ2) is 9.17. The highest BCUT2D eigenvalue weighted by Crippen LogP contribution is 2.34. The van der Waals surface area contributed by atoms with Gasteiger partial charge in [-0.1, -0.05) is 13.8 Å². The van der Waals surface area contributed by atoms with Crippen LogP contribution in [0.4, 0.5) is 23.2 Å². The number of thioether (sulfide) groups is 1. The van der Waals surface area contributed by atoms with Crippen molar-refractivity contribution in [2.45, 2.75) is 44.7 Å². The van der Waals surface area contributed by atoms with Gasteiger partial charge in [0.05, 0.1) is 11.4 Å². The monoisotopic (exact) mass is 406 g/mol. The maximum atomic E-state index is 14.4. The van der Waals surface area contributed by atoms with Gasteiger partial charge >= 0.3 is 6.18 Å². The molecular weight excluding hydrogens is 380 g/mol. The fourth-order valence-electron chi connectivity index (χ4n) is 3.26. The second-order valence-corrected chi connectivity index (χ2v) is 7.82. The number of hydrogen-bond donors (Lipinski definition) is 0. The Kier molecular flexibility index (Phi) is 7.42. The van der Waals surface area contributed by atoms with Crippen molar-refractivity contribution in [3.63, 3.8) is 0 Å². The van der Waals surface area contributed by atoms with Gasteiger partial charge in [-0.2, -0.15) is 13.2 Å². The van der Waals surface area contributed by atoms with Crippen molar-refractivity contribution < 1.29 is 22.4 Å². The lowest BCUT2D eigenvalue weighted by Gasteiger charge is -2.37. The van der Waals surface area contributed by atoms with Crippen molar-refractivity contribution in [2.75, 3.05) is 36.8 Å². The molecule has 8 heteroatoms. The van der Waals surface area contributed by atoms with Gasteiger partial charge in [-0.15, -0.1) is 11.8 Å². The number of halogens is 4. The highest BCUT2D eigenvalue weighted by molar-refractivity contribution is 7.99. The summed E-state index contributed by atoms with van der Waals surface area (Å²) in [6, 6.07) is 2.79. The molecule has 0 atom stereocenters. The van der Waals surface area contributed by atoms with Crippen LogP contribution in [0.1, 0.15) is 32.3 Å². The largest absolute Gasteiger partial charge is 0.398 e. The molecule has 152 valence electrons. The molecule has 1 saturated heterocycles. The van der Waals surface area contributed by atoms with Gasteiger partial charge < -0.3 is 9.80 Å². The summed E-state index contributed by atoms with van der Waals surface area (Å²) >= 11 is 0.673. The van der Waals surface area contributed by atoms with Crippen LogP contribution >= 0.6 is 11.8 Å². The molecule has 1 aromatic carbocycles. The number of rotatable bonds is 6. The summed E-state index contributed by atoms with van der Waals surface area (Å²) in [6.07, 6.45) is -2.68. The number of hydrogen-bond acceptors (Lipinski definition) is 3. The van der Waals surface area contributed by atoms with Crippen LogP contribution in [0, 0.1) is 18.7 Å². The Hall–Kier alpha value is -1.44. The molecule has 0 bridgehead atoms. The van der Waals surface area contributed by atoms with Crippen LogP contribution in [0.2, 0.25) is 0 Å². The maximum absolute atomic E-state index is 14.4. The lowest BCUT2D eigenvalue weighted by Crippen LogP contribution is -2.50. The minimum atomic E-state index is -4.27. The van der Waals surface area contributed by atoms with Gasteiger partial charge in [-0.25, -0.2) is 4.39 Å². The van der Waals surface area contributed by atoms with Crippen LogP contribution in [0.3, 0.4) is 0 Å². The summed E-state index contributed by atoms with van der Waals surface area (Å²) in [5.41, 5.74) is 0.799. The Morgan fingerprint density at radius 2 is 1.74 bits per heavy atom. The molecule has 1 aliphatic rings. The lowest BCUT2D eigenvalue weighted by molar-refractivity contribution is -0.136. The quantitative estimate of drug-likeness (QED) is 0.497. The van der Waals surface area contributed by atoms with Crippen molar-refractivity contribution in [2.24, 2.45) is 5.92 Å². The van der Waals surface area contributed by atoms with E-state index >= 15 is 0 Å². The third kappa shape index (κ3) is 5.77. The van der Waals surface area contributed by atoms with E-state index in [0.29, 0.717) is 54.1 Å². The summed E-state index contributed by atoms with van der Waals surface area (Å²) in [7, 11) is 0. The van der Waals surface area contributed by atoms with Crippen LogP contribution in [0.25, 0.3) is 0 Å². The van der Waals surface area contributed by atoms with Crippen molar-refractivity contribution in [1.29, 1.82) is 0 Å². The average Bonchev–Trinajstić information content (AvgIpc) is 2.61. The number of amides is 1. The molecule has 0 unspecified atom stereocenters. The zero-order valence-electron chi connectivity index (χ0n) is 15.9. The van der Waals surface area contributed by atoms with Gasteiger partial charge in [0, 0.05) is 37.0 Å². The highest BCUT2D eigenvalue weighted by atomic mass is 32.2. The van der Waals surface area contributed by atoms with Crippen LogP contribution < -0.4 is 4.90 Å². The van der Waals surface area contributed by atoms with E-state index in [1.807, 2.05) is 18.7 Å². The Morgan fingerprint density at radius 1 is 1.15 bits per heavy atom. The van der Waals surface area contributed by atoms with Crippen molar-refractivity contribution in [3.8, 4) is 0 Å². The molecular formula is C19H26F4N2OS. The molecule has 0 saturated carbocycles. The number of anilines is 1. The second-order valence-electron chi connectivity index (χ2n) is 6.80. The average molecular weight is 406 g/mol. The first-order valence-electron chi connectivity index (χ1n) is 9.19. The molecule has 1 amide bonds. The van der Waals surface area contributed by atoms with Gasteiger partial charge in [0.1, 0.15) is 5.82 Å². The number of aryl methyl sites for hydroxylation is 1. The molecule has 3 nitrogen and oxygen atoms in total. The summed E-state index contributed by atoms with van der Waals surface area (Å²) in [4.78, 5) is 16.5. The van der Waals surface area contributed by atoms with E-state index in [1.54, 1.807) is 11.8 Å². The van der Waals surface area contributed by atoms with Crippen LogP contribution in [0.15, 0.2) is 17.0 Å². The molecule has 0 N–H and O–H groups in total. The number of nitrogens with zero attached hydrogens (tertiary/aromatic N) is 2. The predicted octanol–water partition coefficient (Wildman–Crippen LogP) is 4.87. The van der Waals surface area contributed by atoms with Crippen LogP contribution in [0.5, 0.6) is 0 Å².